The molecule has 0 saturated carbocycles. The van der Waals surface area contributed by atoms with Gasteiger partial charge in [-0.3, -0.25) is 4.98 Å². The van der Waals surface area contributed by atoms with Crippen molar-refractivity contribution in [3.05, 3.63) is 59.9 Å². The number of hydrogen-bond acceptors (Lipinski definition) is 2. The van der Waals surface area contributed by atoms with Gasteiger partial charge in [-0.05, 0) is 48.6 Å². The van der Waals surface area contributed by atoms with E-state index in [2.05, 4.69) is 61.4 Å². The predicted octanol–water partition coefficient (Wildman–Crippen LogP) is 4.77. The molecule has 2 aromatic rings. The zero-order valence-electron chi connectivity index (χ0n) is 11.9. The molecule has 0 radical (unpaired) electrons. The number of pyridine rings is 1. The summed E-state index contributed by atoms with van der Waals surface area (Å²) in [5.41, 5.74) is 3.76. The molecular formula is C17H22N2. The third-order valence-electron chi connectivity index (χ3n) is 3.66. The molecule has 2 nitrogen and oxygen atoms in total. The smallest absolute Gasteiger partial charge is 0.0500 e. The molecule has 2 heteroatoms. The van der Waals surface area contributed by atoms with E-state index in [0.29, 0.717) is 5.92 Å². The van der Waals surface area contributed by atoms with Crippen LogP contribution < -0.4 is 5.32 Å². The third-order valence-corrected chi connectivity index (χ3v) is 3.66. The molecule has 2 unspecified atom stereocenters. The lowest BCUT2D eigenvalue weighted by molar-refractivity contribution is 0.733. The molecule has 0 aliphatic heterocycles. The molecule has 100 valence electrons. The lowest BCUT2D eigenvalue weighted by Gasteiger charge is -2.16. The minimum atomic E-state index is 0.267. The maximum Gasteiger partial charge on any atom is 0.0500 e. The van der Waals surface area contributed by atoms with Crippen LogP contribution in [0, 0.1) is 0 Å². The van der Waals surface area contributed by atoms with Crippen molar-refractivity contribution in [2.24, 2.45) is 0 Å². The maximum atomic E-state index is 4.16. The van der Waals surface area contributed by atoms with Gasteiger partial charge in [-0.15, -0.1) is 0 Å². The van der Waals surface area contributed by atoms with E-state index in [0.717, 1.165) is 5.69 Å². The number of aromatic nitrogens is 1. The second-order valence-corrected chi connectivity index (χ2v) is 5.08. The summed E-state index contributed by atoms with van der Waals surface area (Å²) in [4.78, 5) is 4.16. The number of anilines is 1. The summed E-state index contributed by atoms with van der Waals surface area (Å²) in [6.07, 6.45) is 4.89. The summed E-state index contributed by atoms with van der Waals surface area (Å²) < 4.78 is 0. The van der Waals surface area contributed by atoms with Crippen LogP contribution in [0.15, 0.2) is 48.8 Å². The number of benzene rings is 1. The Kier molecular flexibility index (Phi) is 4.56. The van der Waals surface area contributed by atoms with Gasteiger partial charge in [-0.25, -0.2) is 0 Å². The van der Waals surface area contributed by atoms with Crippen LogP contribution in [0.4, 0.5) is 5.69 Å². The molecule has 1 N–H and O–H groups in total. The van der Waals surface area contributed by atoms with Gasteiger partial charge in [-0.2, -0.15) is 0 Å². The van der Waals surface area contributed by atoms with Gasteiger partial charge in [0.05, 0.1) is 6.04 Å². The van der Waals surface area contributed by atoms with Crippen molar-refractivity contribution < 1.29 is 0 Å². The summed E-state index contributed by atoms with van der Waals surface area (Å²) in [6.45, 7) is 6.64. The van der Waals surface area contributed by atoms with Gasteiger partial charge < -0.3 is 5.32 Å². The minimum absolute atomic E-state index is 0.267. The number of nitrogens with one attached hydrogen (secondary N) is 1. The van der Waals surface area contributed by atoms with E-state index in [4.69, 9.17) is 0 Å². The average Bonchev–Trinajstić information content (AvgIpc) is 2.48. The van der Waals surface area contributed by atoms with E-state index in [1.165, 1.54) is 17.5 Å². The first-order valence-electron chi connectivity index (χ1n) is 6.97. The summed E-state index contributed by atoms with van der Waals surface area (Å²) in [7, 11) is 0. The first kappa shape index (κ1) is 13.6. The highest BCUT2D eigenvalue weighted by Gasteiger charge is 2.06. The molecular weight excluding hydrogens is 232 g/mol. The van der Waals surface area contributed by atoms with E-state index in [1.807, 2.05) is 12.3 Å². The molecule has 0 amide bonds. The Hall–Kier alpha value is -1.83. The SMILES string of the molecule is CCC(C)c1ccc(NC(C)c2cccnc2)cc1. The Balaban J connectivity index is 2.04. The van der Waals surface area contributed by atoms with Crippen LogP contribution >= 0.6 is 0 Å². The predicted molar refractivity (Wildman–Crippen MR) is 81.4 cm³/mol. The highest BCUT2D eigenvalue weighted by Crippen LogP contribution is 2.23. The Morgan fingerprint density at radius 2 is 1.79 bits per heavy atom. The van der Waals surface area contributed by atoms with E-state index in [-0.39, 0.29) is 6.04 Å². The molecule has 1 heterocycles. The van der Waals surface area contributed by atoms with E-state index in [1.54, 1.807) is 6.20 Å². The number of rotatable bonds is 5. The van der Waals surface area contributed by atoms with Crippen LogP contribution in [-0.2, 0) is 0 Å². The van der Waals surface area contributed by atoms with Crippen molar-refractivity contribution in [1.82, 2.24) is 4.98 Å². The fourth-order valence-electron chi connectivity index (χ4n) is 2.11. The Bertz CT molecular complexity index is 490. The van der Waals surface area contributed by atoms with Gasteiger partial charge in [-0.1, -0.05) is 32.0 Å². The van der Waals surface area contributed by atoms with Crippen molar-refractivity contribution in [2.75, 3.05) is 5.32 Å². The lowest BCUT2D eigenvalue weighted by Crippen LogP contribution is -2.06. The average molecular weight is 254 g/mol. The molecule has 0 saturated heterocycles. The molecule has 2 rings (SSSR count). The second-order valence-electron chi connectivity index (χ2n) is 5.08. The van der Waals surface area contributed by atoms with Crippen LogP contribution in [0.2, 0.25) is 0 Å². The summed E-state index contributed by atoms with van der Waals surface area (Å²) in [5, 5.41) is 3.50. The quantitative estimate of drug-likeness (QED) is 0.831. The molecule has 0 aliphatic carbocycles. The maximum absolute atomic E-state index is 4.16. The monoisotopic (exact) mass is 254 g/mol. The largest absolute Gasteiger partial charge is 0.378 e. The molecule has 0 fully saturated rings. The van der Waals surface area contributed by atoms with Crippen molar-refractivity contribution in [3.8, 4) is 0 Å². The van der Waals surface area contributed by atoms with Gasteiger partial charge in [0, 0.05) is 18.1 Å². The topological polar surface area (TPSA) is 24.9 Å². The van der Waals surface area contributed by atoms with Crippen LogP contribution in [0.1, 0.15) is 50.3 Å². The zero-order valence-corrected chi connectivity index (χ0v) is 11.9. The van der Waals surface area contributed by atoms with E-state index < -0.39 is 0 Å². The number of nitrogens with zero attached hydrogens (tertiary/aromatic N) is 1. The molecule has 0 spiro atoms. The standard InChI is InChI=1S/C17H22N2/c1-4-13(2)15-7-9-17(10-8-15)19-14(3)16-6-5-11-18-12-16/h5-14,19H,4H2,1-3H3. The van der Waals surface area contributed by atoms with Gasteiger partial charge in [0.1, 0.15) is 0 Å². The van der Waals surface area contributed by atoms with Crippen LogP contribution in [0.25, 0.3) is 0 Å². The first-order valence-corrected chi connectivity index (χ1v) is 6.97. The summed E-state index contributed by atoms with van der Waals surface area (Å²) in [6, 6.07) is 13.1. The van der Waals surface area contributed by atoms with E-state index >= 15 is 0 Å². The minimum Gasteiger partial charge on any atom is -0.378 e. The fourth-order valence-corrected chi connectivity index (χ4v) is 2.11. The fraction of sp³-hybridized carbons (Fsp3) is 0.353. The van der Waals surface area contributed by atoms with Crippen molar-refractivity contribution in [3.63, 3.8) is 0 Å². The van der Waals surface area contributed by atoms with Crippen molar-refractivity contribution >= 4 is 5.69 Å². The Morgan fingerprint density at radius 3 is 2.37 bits per heavy atom. The van der Waals surface area contributed by atoms with Crippen molar-refractivity contribution in [1.29, 1.82) is 0 Å². The van der Waals surface area contributed by atoms with Crippen LogP contribution in [0.5, 0.6) is 0 Å². The Morgan fingerprint density at radius 1 is 1.05 bits per heavy atom. The zero-order chi connectivity index (χ0) is 13.7. The first-order chi connectivity index (χ1) is 9.20. The normalized spacial score (nSPS) is 13.8. The van der Waals surface area contributed by atoms with Gasteiger partial charge in [0.2, 0.25) is 0 Å². The van der Waals surface area contributed by atoms with Gasteiger partial charge in [0.25, 0.3) is 0 Å². The molecule has 1 aromatic carbocycles. The molecule has 1 aromatic heterocycles. The number of hydrogen-bond donors (Lipinski definition) is 1. The summed E-state index contributed by atoms with van der Waals surface area (Å²) >= 11 is 0. The van der Waals surface area contributed by atoms with Gasteiger partial charge >= 0.3 is 0 Å². The van der Waals surface area contributed by atoms with Crippen molar-refractivity contribution in [2.45, 2.75) is 39.2 Å². The van der Waals surface area contributed by atoms with Gasteiger partial charge in [0.15, 0.2) is 0 Å². The van der Waals surface area contributed by atoms with E-state index in [9.17, 15) is 0 Å². The lowest BCUT2D eigenvalue weighted by atomic mass is 9.98. The van der Waals surface area contributed by atoms with Crippen LogP contribution in [-0.4, -0.2) is 4.98 Å². The molecule has 0 aliphatic rings. The summed E-state index contributed by atoms with van der Waals surface area (Å²) in [5.74, 6) is 0.629. The molecule has 19 heavy (non-hydrogen) atoms. The van der Waals surface area contributed by atoms with Crippen LogP contribution in [0.3, 0.4) is 0 Å². The highest BCUT2D eigenvalue weighted by molar-refractivity contribution is 5.47. The molecule has 0 bridgehead atoms. The second kappa shape index (κ2) is 6.37. The Labute approximate surface area is 115 Å². The third kappa shape index (κ3) is 3.57. The highest BCUT2D eigenvalue weighted by atomic mass is 14.9. The molecule has 2 atom stereocenters.